The standard InChI is InChI=1S/C6H11N5O2S/c7-5(8)11-6(9)10-4-1-2-14(12,13)3-4/h1-2,4H,3H2,(H6,7,8,9,10,11). The van der Waals surface area contributed by atoms with Crippen LogP contribution in [0.25, 0.3) is 0 Å². The van der Waals surface area contributed by atoms with Gasteiger partial charge in [-0.25, -0.2) is 13.4 Å². The lowest BCUT2D eigenvalue weighted by molar-refractivity contribution is 0.604. The molecule has 1 atom stereocenters. The third-order valence-corrected chi connectivity index (χ3v) is 2.83. The van der Waals surface area contributed by atoms with Crippen LogP contribution in [0, 0.1) is 0 Å². The maximum atomic E-state index is 11.0. The topological polar surface area (TPSA) is 137 Å². The van der Waals surface area contributed by atoms with Crippen molar-refractivity contribution in [3.8, 4) is 0 Å². The van der Waals surface area contributed by atoms with Gasteiger partial charge in [-0.3, -0.25) is 0 Å². The van der Waals surface area contributed by atoms with Crippen molar-refractivity contribution in [1.82, 2.24) is 0 Å². The van der Waals surface area contributed by atoms with E-state index in [0.29, 0.717) is 0 Å². The van der Waals surface area contributed by atoms with Crippen LogP contribution in [-0.2, 0) is 9.84 Å². The maximum Gasteiger partial charge on any atom is 0.219 e. The molecule has 0 aromatic carbocycles. The Hall–Kier alpha value is -1.57. The molecule has 1 rings (SSSR count). The van der Waals surface area contributed by atoms with Crippen LogP contribution in [0.2, 0.25) is 0 Å². The first-order valence-corrected chi connectivity index (χ1v) is 5.44. The van der Waals surface area contributed by atoms with Crippen molar-refractivity contribution < 1.29 is 8.42 Å². The van der Waals surface area contributed by atoms with Crippen molar-refractivity contribution in [2.75, 3.05) is 5.75 Å². The van der Waals surface area contributed by atoms with Gasteiger partial charge in [0.1, 0.15) is 0 Å². The fourth-order valence-corrected chi connectivity index (χ4v) is 2.16. The van der Waals surface area contributed by atoms with E-state index in [1.807, 2.05) is 0 Å². The number of hydrogen-bond acceptors (Lipinski definition) is 3. The van der Waals surface area contributed by atoms with Crippen LogP contribution in [-0.4, -0.2) is 32.1 Å². The Morgan fingerprint density at radius 2 is 2.00 bits per heavy atom. The molecule has 0 saturated carbocycles. The molecule has 0 radical (unpaired) electrons. The van der Waals surface area contributed by atoms with Gasteiger partial charge in [0, 0.05) is 5.41 Å². The number of hydrogen-bond donors (Lipinski definition) is 3. The summed E-state index contributed by atoms with van der Waals surface area (Å²) in [6, 6.07) is -0.497. The second kappa shape index (κ2) is 3.66. The highest BCUT2D eigenvalue weighted by Crippen LogP contribution is 2.10. The molecule has 0 amide bonds. The van der Waals surface area contributed by atoms with Crippen LogP contribution in [0.5, 0.6) is 0 Å². The third-order valence-electron chi connectivity index (χ3n) is 1.45. The van der Waals surface area contributed by atoms with Gasteiger partial charge in [0.15, 0.2) is 15.8 Å². The zero-order valence-electron chi connectivity index (χ0n) is 7.29. The molecule has 0 bridgehead atoms. The van der Waals surface area contributed by atoms with Gasteiger partial charge < -0.3 is 17.2 Å². The lowest BCUT2D eigenvalue weighted by Gasteiger charge is -1.99. The highest BCUT2D eigenvalue weighted by molar-refractivity contribution is 7.94. The Kier molecular flexibility index (Phi) is 2.75. The molecule has 0 saturated heterocycles. The summed E-state index contributed by atoms with van der Waals surface area (Å²) in [5.74, 6) is -0.430. The van der Waals surface area contributed by atoms with Gasteiger partial charge in [0.2, 0.25) is 5.96 Å². The lowest BCUT2D eigenvalue weighted by atomic mass is 10.4. The van der Waals surface area contributed by atoms with Crippen molar-refractivity contribution in [3.63, 3.8) is 0 Å². The molecule has 78 valence electrons. The van der Waals surface area contributed by atoms with E-state index in [0.717, 1.165) is 5.41 Å². The van der Waals surface area contributed by atoms with Crippen LogP contribution < -0.4 is 17.2 Å². The van der Waals surface area contributed by atoms with Crippen LogP contribution in [0.15, 0.2) is 21.5 Å². The van der Waals surface area contributed by atoms with Crippen molar-refractivity contribution in [2.45, 2.75) is 6.04 Å². The molecular formula is C6H11N5O2S. The van der Waals surface area contributed by atoms with E-state index >= 15 is 0 Å². The molecular weight excluding hydrogens is 206 g/mol. The van der Waals surface area contributed by atoms with Crippen LogP contribution in [0.3, 0.4) is 0 Å². The van der Waals surface area contributed by atoms with Gasteiger partial charge in [-0.15, -0.1) is 0 Å². The minimum atomic E-state index is -3.12. The molecule has 8 heteroatoms. The van der Waals surface area contributed by atoms with E-state index in [2.05, 4.69) is 9.98 Å². The Morgan fingerprint density at radius 3 is 2.43 bits per heavy atom. The fraction of sp³-hybridized carbons (Fsp3) is 0.333. The fourth-order valence-electron chi connectivity index (χ4n) is 0.971. The summed E-state index contributed by atoms with van der Waals surface area (Å²) in [5.41, 5.74) is 15.4. The van der Waals surface area contributed by atoms with Crippen LogP contribution in [0.1, 0.15) is 0 Å². The third kappa shape index (κ3) is 3.05. The lowest BCUT2D eigenvalue weighted by Crippen LogP contribution is -2.27. The molecule has 1 heterocycles. The summed E-state index contributed by atoms with van der Waals surface area (Å²) < 4.78 is 21.9. The zero-order valence-corrected chi connectivity index (χ0v) is 8.11. The van der Waals surface area contributed by atoms with Gasteiger partial charge in [-0.1, -0.05) is 0 Å². The molecule has 0 fully saturated rings. The summed E-state index contributed by atoms with van der Waals surface area (Å²) in [6.07, 6.45) is 1.43. The molecule has 0 aromatic rings. The quantitative estimate of drug-likeness (QED) is 0.341. The predicted octanol–water partition coefficient (Wildman–Crippen LogP) is -2.11. The normalized spacial score (nSPS) is 24.9. The highest BCUT2D eigenvalue weighted by atomic mass is 32.2. The summed E-state index contributed by atoms with van der Waals surface area (Å²) in [5, 5.41) is 1.10. The summed E-state index contributed by atoms with van der Waals surface area (Å²) >= 11 is 0. The number of guanidine groups is 2. The SMILES string of the molecule is NC(N)=NC(N)=NC1C=CS(=O)(=O)C1. The maximum absolute atomic E-state index is 11.0. The number of sulfone groups is 1. The largest absolute Gasteiger partial charge is 0.370 e. The Labute approximate surface area is 81.3 Å². The van der Waals surface area contributed by atoms with E-state index in [-0.39, 0.29) is 17.7 Å². The molecule has 0 aliphatic carbocycles. The van der Waals surface area contributed by atoms with Gasteiger partial charge in [0.25, 0.3) is 0 Å². The Balaban J connectivity index is 2.73. The van der Waals surface area contributed by atoms with Gasteiger partial charge in [0.05, 0.1) is 11.8 Å². The Morgan fingerprint density at radius 1 is 1.36 bits per heavy atom. The first-order valence-electron chi connectivity index (χ1n) is 3.73. The number of rotatable bonds is 1. The van der Waals surface area contributed by atoms with E-state index in [1.54, 1.807) is 0 Å². The molecule has 1 aliphatic rings. The average molecular weight is 217 g/mol. The average Bonchev–Trinajstić information content (AvgIpc) is 2.27. The first-order chi connectivity index (χ1) is 6.39. The minimum Gasteiger partial charge on any atom is -0.370 e. The summed E-state index contributed by atoms with van der Waals surface area (Å²) in [7, 11) is -3.12. The second-order valence-electron chi connectivity index (χ2n) is 2.75. The monoisotopic (exact) mass is 217 g/mol. The van der Waals surface area contributed by atoms with E-state index in [1.165, 1.54) is 6.08 Å². The molecule has 6 N–H and O–H groups in total. The molecule has 0 aromatic heterocycles. The van der Waals surface area contributed by atoms with Gasteiger partial charge in [-0.2, -0.15) is 4.99 Å². The number of nitrogens with two attached hydrogens (primary N) is 3. The smallest absolute Gasteiger partial charge is 0.219 e. The van der Waals surface area contributed by atoms with Crippen molar-refractivity contribution >= 4 is 21.8 Å². The van der Waals surface area contributed by atoms with E-state index in [9.17, 15) is 8.42 Å². The minimum absolute atomic E-state index is 0.0896. The van der Waals surface area contributed by atoms with Gasteiger partial charge in [-0.05, 0) is 6.08 Å². The molecule has 1 aliphatic heterocycles. The van der Waals surface area contributed by atoms with E-state index in [4.69, 9.17) is 17.2 Å². The highest BCUT2D eigenvalue weighted by Gasteiger charge is 2.20. The zero-order chi connectivity index (χ0) is 10.8. The molecule has 7 nitrogen and oxygen atoms in total. The molecule has 0 spiro atoms. The van der Waals surface area contributed by atoms with Crippen LogP contribution in [0.4, 0.5) is 0 Å². The van der Waals surface area contributed by atoms with Crippen molar-refractivity contribution in [3.05, 3.63) is 11.5 Å². The number of aliphatic imine (C=N–C) groups is 2. The van der Waals surface area contributed by atoms with Crippen molar-refractivity contribution in [1.29, 1.82) is 0 Å². The predicted molar refractivity (Wildman–Crippen MR) is 54.1 cm³/mol. The molecule has 1 unspecified atom stereocenters. The second-order valence-corrected chi connectivity index (χ2v) is 4.68. The van der Waals surface area contributed by atoms with E-state index < -0.39 is 15.9 Å². The van der Waals surface area contributed by atoms with Crippen LogP contribution >= 0.6 is 0 Å². The molecule has 14 heavy (non-hydrogen) atoms. The van der Waals surface area contributed by atoms with Gasteiger partial charge >= 0.3 is 0 Å². The summed E-state index contributed by atoms with van der Waals surface area (Å²) in [6.45, 7) is 0. The summed E-state index contributed by atoms with van der Waals surface area (Å²) in [4.78, 5) is 7.25. The number of nitrogens with zero attached hydrogens (tertiary/aromatic N) is 2. The first kappa shape index (κ1) is 10.5. The Bertz CT molecular complexity index is 404. The van der Waals surface area contributed by atoms with Crippen molar-refractivity contribution in [2.24, 2.45) is 27.2 Å².